The summed E-state index contributed by atoms with van der Waals surface area (Å²) in [5, 5.41) is 9.11. The monoisotopic (exact) mass is 233 g/mol. The van der Waals surface area contributed by atoms with Gasteiger partial charge in [-0.15, -0.1) is 0 Å². The molecule has 0 aromatic carbocycles. The standard InChI is InChI=1S/C12H15N3O2/c1-9-10(14-8-17-9)11(16)15-5-3-4-12(2,6-13)7-15/h8H,3-5,7H2,1-2H3. The number of nitrogens with zero attached hydrogens (tertiary/aromatic N) is 3. The number of carbonyl (C=O) groups is 1. The predicted molar refractivity (Wildman–Crippen MR) is 60.1 cm³/mol. The van der Waals surface area contributed by atoms with Crippen LogP contribution in [0.25, 0.3) is 0 Å². The molecule has 1 aliphatic rings. The Morgan fingerprint density at radius 1 is 1.71 bits per heavy atom. The zero-order valence-corrected chi connectivity index (χ0v) is 10.1. The van der Waals surface area contributed by atoms with Gasteiger partial charge in [-0.1, -0.05) is 0 Å². The van der Waals surface area contributed by atoms with Crippen LogP contribution >= 0.6 is 0 Å². The molecule has 17 heavy (non-hydrogen) atoms. The van der Waals surface area contributed by atoms with Gasteiger partial charge < -0.3 is 9.32 Å². The molecule has 90 valence electrons. The van der Waals surface area contributed by atoms with Crippen LogP contribution in [0.1, 0.15) is 36.0 Å². The Bertz CT molecular complexity index is 474. The molecule has 0 saturated carbocycles. The molecule has 1 aromatic rings. The van der Waals surface area contributed by atoms with E-state index in [1.54, 1.807) is 11.8 Å². The molecular formula is C12H15N3O2. The fraction of sp³-hybridized carbons (Fsp3) is 0.583. The van der Waals surface area contributed by atoms with Crippen molar-refractivity contribution < 1.29 is 9.21 Å². The molecule has 1 saturated heterocycles. The van der Waals surface area contributed by atoms with E-state index < -0.39 is 5.41 Å². The van der Waals surface area contributed by atoms with E-state index in [2.05, 4.69) is 11.1 Å². The molecule has 0 spiro atoms. The van der Waals surface area contributed by atoms with E-state index in [0.29, 0.717) is 24.5 Å². The van der Waals surface area contributed by atoms with E-state index in [4.69, 9.17) is 9.68 Å². The topological polar surface area (TPSA) is 70.1 Å². The van der Waals surface area contributed by atoms with Crippen LogP contribution in [-0.4, -0.2) is 28.9 Å². The number of piperidine rings is 1. The maximum atomic E-state index is 12.2. The van der Waals surface area contributed by atoms with Gasteiger partial charge >= 0.3 is 0 Å². The van der Waals surface area contributed by atoms with Gasteiger partial charge in [0.05, 0.1) is 11.5 Å². The number of hydrogen-bond acceptors (Lipinski definition) is 4. The van der Waals surface area contributed by atoms with Crippen molar-refractivity contribution in [2.45, 2.75) is 26.7 Å². The van der Waals surface area contributed by atoms with Gasteiger partial charge in [-0.25, -0.2) is 4.98 Å². The maximum absolute atomic E-state index is 12.2. The average molecular weight is 233 g/mol. The zero-order valence-electron chi connectivity index (χ0n) is 10.1. The van der Waals surface area contributed by atoms with Crippen LogP contribution in [0.2, 0.25) is 0 Å². The van der Waals surface area contributed by atoms with Crippen LogP contribution < -0.4 is 0 Å². The van der Waals surface area contributed by atoms with Crippen molar-refractivity contribution in [3.05, 3.63) is 17.8 Å². The highest BCUT2D eigenvalue weighted by atomic mass is 16.3. The Labute approximate surface area is 100 Å². The van der Waals surface area contributed by atoms with E-state index in [1.165, 1.54) is 6.39 Å². The van der Waals surface area contributed by atoms with Crippen molar-refractivity contribution >= 4 is 5.91 Å². The zero-order chi connectivity index (χ0) is 12.5. The third kappa shape index (κ3) is 2.16. The van der Waals surface area contributed by atoms with Crippen molar-refractivity contribution in [1.29, 1.82) is 5.26 Å². The predicted octanol–water partition coefficient (Wildman–Crippen LogP) is 1.75. The number of likely N-dealkylation sites (tertiary alicyclic amines) is 1. The van der Waals surface area contributed by atoms with Gasteiger partial charge in [0.1, 0.15) is 5.76 Å². The molecule has 2 rings (SSSR count). The second-order valence-electron chi connectivity index (χ2n) is 4.76. The Morgan fingerprint density at radius 2 is 2.47 bits per heavy atom. The fourth-order valence-corrected chi connectivity index (χ4v) is 2.16. The van der Waals surface area contributed by atoms with E-state index in [9.17, 15) is 4.79 Å². The van der Waals surface area contributed by atoms with E-state index in [0.717, 1.165) is 12.8 Å². The number of amides is 1. The van der Waals surface area contributed by atoms with Gasteiger partial charge in [-0.05, 0) is 26.7 Å². The summed E-state index contributed by atoms with van der Waals surface area (Å²) in [6.07, 6.45) is 2.97. The number of aryl methyl sites for hydroxylation is 1. The SMILES string of the molecule is Cc1ocnc1C(=O)N1CCCC(C)(C#N)C1. The Morgan fingerprint density at radius 3 is 3.06 bits per heavy atom. The molecule has 5 nitrogen and oxygen atoms in total. The smallest absolute Gasteiger partial charge is 0.276 e. The number of oxazole rings is 1. The minimum absolute atomic E-state index is 0.141. The molecule has 5 heteroatoms. The summed E-state index contributed by atoms with van der Waals surface area (Å²) in [5.74, 6) is 0.386. The second-order valence-corrected chi connectivity index (χ2v) is 4.76. The molecule has 1 unspecified atom stereocenters. The number of carbonyl (C=O) groups excluding carboxylic acids is 1. The first kappa shape index (κ1) is 11.6. The Hall–Kier alpha value is -1.83. The molecule has 1 fully saturated rings. The molecule has 1 aliphatic heterocycles. The normalized spacial score (nSPS) is 24.4. The van der Waals surface area contributed by atoms with Gasteiger partial charge in [0.25, 0.3) is 5.91 Å². The minimum Gasteiger partial charge on any atom is -0.448 e. The fourth-order valence-electron chi connectivity index (χ4n) is 2.16. The molecule has 0 bridgehead atoms. The number of nitriles is 1. The number of rotatable bonds is 1. The lowest BCUT2D eigenvalue weighted by molar-refractivity contribution is 0.0623. The van der Waals surface area contributed by atoms with E-state index >= 15 is 0 Å². The largest absolute Gasteiger partial charge is 0.448 e. The van der Waals surface area contributed by atoms with Crippen LogP contribution in [0.4, 0.5) is 0 Å². The molecule has 1 aromatic heterocycles. The first-order valence-electron chi connectivity index (χ1n) is 5.66. The summed E-state index contributed by atoms with van der Waals surface area (Å²) in [6.45, 7) is 4.76. The summed E-state index contributed by atoms with van der Waals surface area (Å²) < 4.78 is 5.03. The third-order valence-electron chi connectivity index (χ3n) is 3.20. The lowest BCUT2D eigenvalue weighted by atomic mass is 9.83. The number of aromatic nitrogens is 1. The van der Waals surface area contributed by atoms with Crippen LogP contribution in [0.15, 0.2) is 10.8 Å². The average Bonchev–Trinajstić information content (AvgIpc) is 2.75. The first-order valence-corrected chi connectivity index (χ1v) is 5.66. The molecule has 0 N–H and O–H groups in total. The van der Waals surface area contributed by atoms with Crippen molar-refractivity contribution in [3.63, 3.8) is 0 Å². The first-order chi connectivity index (χ1) is 8.06. The molecule has 1 atom stereocenters. The molecule has 0 radical (unpaired) electrons. The summed E-state index contributed by atoms with van der Waals surface area (Å²) in [4.78, 5) is 17.8. The molecule has 0 aliphatic carbocycles. The van der Waals surface area contributed by atoms with Gasteiger partial charge in [0.15, 0.2) is 12.1 Å². The van der Waals surface area contributed by atoms with Gasteiger partial charge in [0.2, 0.25) is 0 Å². The van der Waals surface area contributed by atoms with Crippen LogP contribution in [0.3, 0.4) is 0 Å². The number of hydrogen-bond donors (Lipinski definition) is 0. The van der Waals surface area contributed by atoms with E-state index in [-0.39, 0.29) is 5.91 Å². The van der Waals surface area contributed by atoms with Gasteiger partial charge in [-0.2, -0.15) is 5.26 Å². The lowest BCUT2D eigenvalue weighted by Crippen LogP contribution is -2.44. The third-order valence-corrected chi connectivity index (χ3v) is 3.20. The van der Waals surface area contributed by atoms with E-state index in [1.807, 2.05) is 6.92 Å². The molecule has 1 amide bonds. The maximum Gasteiger partial charge on any atom is 0.276 e. The summed E-state index contributed by atoms with van der Waals surface area (Å²) in [7, 11) is 0. The van der Waals surface area contributed by atoms with Crippen molar-refractivity contribution in [3.8, 4) is 6.07 Å². The van der Waals surface area contributed by atoms with Gasteiger partial charge in [-0.3, -0.25) is 4.79 Å². The highest BCUT2D eigenvalue weighted by molar-refractivity contribution is 5.93. The van der Waals surface area contributed by atoms with Crippen LogP contribution in [-0.2, 0) is 0 Å². The highest BCUT2D eigenvalue weighted by Gasteiger charge is 2.34. The minimum atomic E-state index is -0.439. The summed E-state index contributed by atoms with van der Waals surface area (Å²) in [6, 6.07) is 2.29. The lowest BCUT2D eigenvalue weighted by Gasteiger charge is -2.35. The van der Waals surface area contributed by atoms with Crippen LogP contribution in [0, 0.1) is 23.7 Å². The Balaban J connectivity index is 2.17. The van der Waals surface area contributed by atoms with Crippen molar-refractivity contribution in [1.82, 2.24) is 9.88 Å². The summed E-state index contributed by atoms with van der Waals surface area (Å²) >= 11 is 0. The van der Waals surface area contributed by atoms with Crippen molar-refractivity contribution in [2.24, 2.45) is 5.41 Å². The van der Waals surface area contributed by atoms with Crippen molar-refractivity contribution in [2.75, 3.05) is 13.1 Å². The quantitative estimate of drug-likeness (QED) is 0.740. The Kier molecular flexibility index (Phi) is 2.88. The molecule has 2 heterocycles. The second kappa shape index (κ2) is 4.21. The highest BCUT2D eigenvalue weighted by Crippen LogP contribution is 2.29. The van der Waals surface area contributed by atoms with Gasteiger partial charge in [0, 0.05) is 13.1 Å². The summed E-state index contributed by atoms with van der Waals surface area (Å²) in [5.41, 5.74) is -0.0851. The molecular weight excluding hydrogens is 218 g/mol. The van der Waals surface area contributed by atoms with Crippen LogP contribution in [0.5, 0.6) is 0 Å².